The molecular formula is C11H13F2NO. The molecule has 0 saturated heterocycles. The molecular weight excluding hydrogens is 200 g/mol. The van der Waals surface area contributed by atoms with Gasteiger partial charge in [-0.1, -0.05) is 11.2 Å². The van der Waals surface area contributed by atoms with E-state index < -0.39 is 17.2 Å². The zero-order chi connectivity index (χ0) is 11.5. The number of rotatable bonds is 2. The van der Waals surface area contributed by atoms with Gasteiger partial charge < -0.3 is 4.84 Å². The van der Waals surface area contributed by atoms with E-state index in [1.54, 1.807) is 0 Å². The van der Waals surface area contributed by atoms with Crippen LogP contribution in [-0.4, -0.2) is 11.8 Å². The summed E-state index contributed by atoms with van der Waals surface area (Å²) >= 11 is 0. The summed E-state index contributed by atoms with van der Waals surface area (Å²) in [4.78, 5) is 5.06. The van der Waals surface area contributed by atoms with Crippen molar-refractivity contribution in [2.75, 3.05) is 0 Å². The van der Waals surface area contributed by atoms with Crippen molar-refractivity contribution in [3.63, 3.8) is 0 Å². The second kappa shape index (κ2) is 4.38. The zero-order valence-corrected chi connectivity index (χ0v) is 8.92. The molecule has 0 heterocycles. The molecule has 0 amide bonds. The fraction of sp³-hybridized carbons (Fsp3) is 0.364. The Morgan fingerprint density at radius 2 is 1.87 bits per heavy atom. The standard InChI is InChI=1S/C11H13F2NO/c1-11(2,3)15-14-7-8-4-5-9(12)10(13)6-8/h4-7H,1-3H3/b14-7+. The largest absolute Gasteiger partial charge is 0.390 e. The first-order valence-electron chi connectivity index (χ1n) is 4.55. The molecule has 0 aliphatic heterocycles. The van der Waals surface area contributed by atoms with Crippen molar-refractivity contribution in [3.8, 4) is 0 Å². The molecule has 0 aromatic heterocycles. The zero-order valence-electron chi connectivity index (χ0n) is 8.92. The van der Waals surface area contributed by atoms with Gasteiger partial charge in [-0.15, -0.1) is 0 Å². The molecule has 0 saturated carbocycles. The van der Waals surface area contributed by atoms with Gasteiger partial charge in [-0.3, -0.25) is 0 Å². The molecule has 2 nitrogen and oxygen atoms in total. The molecule has 1 aromatic carbocycles. The number of benzene rings is 1. The minimum absolute atomic E-state index is 0.394. The predicted molar refractivity (Wildman–Crippen MR) is 54.8 cm³/mol. The second-order valence-electron chi connectivity index (χ2n) is 4.11. The maximum Gasteiger partial charge on any atom is 0.159 e. The van der Waals surface area contributed by atoms with Crippen molar-refractivity contribution in [2.45, 2.75) is 26.4 Å². The van der Waals surface area contributed by atoms with Crippen LogP contribution in [0.3, 0.4) is 0 Å². The molecule has 0 radical (unpaired) electrons. The summed E-state index contributed by atoms with van der Waals surface area (Å²) in [5, 5.41) is 3.67. The molecule has 4 heteroatoms. The maximum absolute atomic E-state index is 12.8. The van der Waals surface area contributed by atoms with Crippen LogP contribution in [0.25, 0.3) is 0 Å². The van der Waals surface area contributed by atoms with E-state index in [4.69, 9.17) is 4.84 Å². The van der Waals surface area contributed by atoms with E-state index in [1.165, 1.54) is 12.3 Å². The topological polar surface area (TPSA) is 21.6 Å². The fourth-order valence-electron chi connectivity index (χ4n) is 0.838. The Morgan fingerprint density at radius 1 is 1.20 bits per heavy atom. The van der Waals surface area contributed by atoms with Crippen LogP contribution in [0.5, 0.6) is 0 Å². The Hall–Kier alpha value is -1.45. The fourth-order valence-corrected chi connectivity index (χ4v) is 0.838. The van der Waals surface area contributed by atoms with Crippen LogP contribution < -0.4 is 0 Å². The van der Waals surface area contributed by atoms with Gasteiger partial charge in [-0.25, -0.2) is 8.78 Å². The van der Waals surface area contributed by atoms with Gasteiger partial charge in [-0.2, -0.15) is 0 Å². The van der Waals surface area contributed by atoms with Gasteiger partial charge in [0.25, 0.3) is 0 Å². The first kappa shape index (κ1) is 11.6. The summed E-state index contributed by atoms with van der Waals surface area (Å²) in [5.74, 6) is -1.77. The highest BCUT2D eigenvalue weighted by Gasteiger charge is 2.09. The summed E-state index contributed by atoms with van der Waals surface area (Å²) in [5.41, 5.74) is 0.0628. The number of hydrogen-bond donors (Lipinski definition) is 0. The van der Waals surface area contributed by atoms with Gasteiger partial charge in [-0.05, 0) is 38.5 Å². The molecule has 0 unspecified atom stereocenters. The molecule has 0 bridgehead atoms. The minimum atomic E-state index is -0.894. The van der Waals surface area contributed by atoms with E-state index in [9.17, 15) is 8.78 Å². The highest BCUT2D eigenvalue weighted by molar-refractivity contribution is 5.78. The third-order valence-electron chi connectivity index (χ3n) is 1.47. The highest BCUT2D eigenvalue weighted by Crippen LogP contribution is 2.09. The van der Waals surface area contributed by atoms with E-state index in [2.05, 4.69) is 5.16 Å². The van der Waals surface area contributed by atoms with Gasteiger partial charge in [0.2, 0.25) is 0 Å². The lowest BCUT2D eigenvalue weighted by atomic mass is 10.2. The van der Waals surface area contributed by atoms with Crippen molar-refractivity contribution >= 4 is 6.21 Å². The van der Waals surface area contributed by atoms with Gasteiger partial charge in [0, 0.05) is 0 Å². The van der Waals surface area contributed by atoms with Crippen LogP contribution in [0, 0.1) is 11.6 Å². The van der Waals surface area contributed by atoms with Crippen molar-refractivity contribution in [1.29, 1.82) is 0 Å². The van der Waals surface area contributed by atoms with Crippen LogP contribution in [0.15, 0.2) is 23.4 Å². The van der Waals surface area contributed by atoms with E-state index >= 15 is 0 Å². The van der Waals surface area contributed by atoms with E-state index in [-0.39, 0.29) is 0 Å². The summed E-state index contributed by atoms with van der Waals surface area (Å²) < 4.78 is 25.3. The molecule has 15 heavy (non-hydrogen) atoms. The maximum atomic E-state index is 12.8. The van der Waals surface area contributed by atoms with Crippen molar-refractivity contribution < 1.29 is 13.6 Å². The van der Waals surface area contributed by atoms with Gasteiger partial charge >= 0.3 is 0 Å². The quantitative estimate of drug-likeness (QED) is 0.546. The van der Waals surface area contributed by atoms with E-state index in [0.29, 0.717) is 5.56 Å². The molecule has 0 N–H and O–H groups in total. The van der Waals surface area contributed by atoms with Crippen molar-refractivity contribution in [1.82, 2.24) is 0 Å². The Labute approximate surface area is 87.6 Å². The predicted octanol–water partition coefficient (Wildman–Crippen LogP) is 3.11. The summed E-state index contributed by atoms with van der Waals surface area (Å²) in [7, 11) is 0. The molecule has 0 aliphatic carbocycles. The molecule has 0 atom stereocenters. The minimum Gasteiger partial charge on any atom is -0.390 e. The average molecular weight is 213 g/mol. The van der Waals surface area contributed by atoms with Gasteiger partial charge in [0.15, 0.2) is 11.6 Å². The first-order chi connectivity index (χ1) is 6.88. The Balaban J connectivity index is 2.69. The second-order valence-corrected chi connectivity index (χ2v) is 4.11. The molecule has 0 aliphatic rings. The van der Waals surface area contributed by atoms with Crippen LogP contribution >= 0.6 is 0 Å². The number of oxime groups is 1. The molecule has 0 spiro atoms. The summed E-state index contributed by atoms with van der Waals surface area (Å²) in [6.45, 7) is 5.53. The lowest BCUT2D eigenvalue weighted by molar-refractivity contribution is 0.00199. The molecule has 0 fully saturated rings. The number of nitrogens with zero attached hydrogens (tertiary/aromatic N) is 1. The van der Waals surface area contributed by atoms with E-state index in [1.807, 2.05) is 20.8 Å². The Kier molecular flexibility index (Phi) is 3.39. The summed E-state index contributed by atoms with van der Waals surface area (Å²) in [6.07, 6.45) is 1.34. The smallest absolute Gasteiger partial charge is 0.159 e. The van der Waals surface area contributed by atoms with Crippen LogP contribution in [0.4, 0.5) is 8.78 Å². The van der Waals surface area contributed by atoms with Gasteiger partial charge in [0.05, 0.1) is 6.21 Å². The summed E-state index contributed by atoms with van der Waals surface area (Å²) in [6, 6.07) is 3.53. The number of hydrogen-bond acceptors (Lipinski definition) is 2. The third kappa shape index (κ3) is 4.06. The highest BCUT2D eigenvalue weighted by atomic mass is 19.2. The number of halogens is 2. The normalized spacial score (nSPS) is 12.1. The lowest BCUT2D eigenvalue weighted by Crippen LogP contribution is -2.15. The molecule has 1 aromatic rings. The van der Waals surface area contributed by atoms with Crippen molar-refractivity contribution in [3.05, 3.63) is 35.4 Å². The van der Waals surface area contributed by atoms with Crippen LogP contribution in [-0.2, 0) is 4.84 Å². The third-order valence-corrected chi connectivity index (χ3v) is 1.47. The molecule has 82 valence electrons. The monoisotopic (exact) mass is 213 g/mol. The Morgan fingerprint density at radius 3 is 2.40 bits per heavy atom. The molecule has 1 rings (SSSR count). The first-order valence-corrected chi connectivity index (χ1v) is 4.55. The SMILES string of the molecule is CC(C)(C)O/N=C/c1ccc(F)c(F)c1. The average Bonchev–Trinajstić information content (AvgIpc) is 2.09. The van der Waals surface area contributed by atoms with Crippen molar-refractivity contribution in [2.24, 2.45) is 5.16 Å². The Bertz CT molecular complexity index is 369. The van der Waals surface area contributed by atoms with Gasteiger partial charge in [0.1, 0.15) is 5.60 Å². The van der Waals surface area contributed by atoms with Crippen LogP contribution in [0.2, 0.25) is 0 Å². The van der Waals surface area contributed by atoms with E-state index in [0.717, 1.165) is 12.1 Å². The lowest BCUT2D eigenvalue weighted by Gasteiger charge is -2.14. The van der Waals surface area contributed by atoms with Crippen LogP contribution in [0.1, 0.15) is 26.3 Å².